The third kappa shape index (κ3) is 2.50. The lowest BCUT2D eigenvalue weighted by Crippen LogP contribution is -2.50. The van der Waals surface area contributed by atoms with E-state index in [-0.39, 0.29) is 24.0 Å². The number of amides is 3. The minimum atomic E-state index is -3.15. The average molecular weight is 276 g/mol. The molecule has 104 valence electrons. The van der Waals surface area contributed by atoms with Crippen molar-refractivity contribution in [1.29, 1.82) is 0 Å². The zero-order valence-electron chi connectivity index (χ0n) is 11.0. The summed E-state index contributed by atoms with van der Waals surface area (Å²) < 4.78 is 23.0. The molecular weight excluding hydrogens is 256 g/mol. The van der Waals surface area contributed by atoms with Crippen molar-refractivity contribution in [3.05, 3.63) is 0 Å². The summed E-state index contributed by atoms with van der Waals surface area (Å²) in [5, 5.41) is 2.27. The number of rotatable bonds is 6. The topological polar surface area (TPSA) is 83.6 Å². The van der Waals surface area contributed by atoms with E-state index in [1.807, 2.05) is 13.8 Å². The fourth-order valence-corrected chi connectivity index (χ4v) is 2.99. The molecule has 1 saturated heterocycles. The van der Waals surface area contributed by atoms with Crippen LogP contribution in [-0.4, -0.2) is 48.8 Å². The van der Waals surface area contributed by atoms with Gasteiger partial charge in [-0.3, -0.25) is 10.1 Å². The third-order valence-electron chi connectivity index (χ3n) is 3.64. The molecule has 1 aliphatic rings. The molecule has 7 heteroatoms. The van der Waals surface area contributed by atoms with E-state index in [0.29, 0.717) is 12.8 Å². The Morgan fingerprint density at radius 2 is 1.72 bits per heavy atom. The highest BCUT2D eigenvalue weighted by atomic mass is 32.2. The standard InChI is InChI=1S/C11H20N2O4S/c1-4-11(5-2)9(14)12-10(15)13(11)7-8-18(16,17)6-3/h4-8H2,1-3H3,(H,12,14,15). The number of sulfone groups is 1. The Balaban J connectivity index is 2.91. The molecule has 0 aliphatic carbocycles. The predicted octanol–water partition coefficient (Wildman–Crippen LogP) is 0.532. The predicted molar refractivity (Wildman–Crippen MR) is 67.9 cm³/mol. The van der Waals surface area contributed by atoms with Crippen LogP contribution >= 0.6 is 0 Å². The number of urea groups is 1. The summed E-state index contributed by atoms with van der Waals surface area (Å²) >= 11 is 0. The van der Waals surface area contributed by atoms with Gasteiger partial charge < -0.3 is 4.90 Å². The third-order valence-corrected chi connectivity index (χ3v) is 5.32. The van der Waals surface area contributed by atoms with Crippen molar-refractivity contribution in [3.63, 3.8) is 0 Å². The zero-order valence-corrected chi connectivity index (χ0v) is 11.8. The number of hydrogen-bond donors (Lipinski definition) is 1. The second kappa shape index (κ2) is 5.26. The Hall–Kier alpha value is -1.11. The first-order chi connectivity index (χ1) is 8.33. The van der Waals surface area contributed by atoms with Crippen molar-refractivity contribution in [2.24, 2.45) is 0 Å². The van der Waals surface area contributed by atoms with Crippen LogP contribution in [0.5, 0.6) is 0 Å². The summed E-state index contributed by atoms with van der Waals surface area (Å²) in [5.74, 6) is -0.389. The van der Waals surface area contributed by atoms with E-state index in [1.54, 1.807) is 6.92 Å². The number of hydrogen-bond acceptors (Lipinski definition) is 4. The highest BCUT2D eigenvalue weighted by molar-refractivity contribution is 7.91. The molecule has 0 aromatic heterocycles. The summed E-state index contributed by atoms with van der Waals surface area (Å²) in [5.41, 5.74) is -0.889. The first-order valence-corrected chi connectivity index (χ1v) is 7.98. The molecule has 18 heavy (non-hydrogen) atoms. The van der Waals surface area contributed by atoms with Gasteiger partial charge in [-0.1, -0.05) is 20.8 Å². The van der Waals surface area contributed by atoms with Gasteiger partial charge in [0, 0.05) is 12.3 Å². The second-order valence-electron chi connectivity index (χ2n) is 4.39. The Bertz CT molecular complexity index is 440. The number of nitrogens with zero attached hydrogens (tertiary/aromatic N) is 1. The van der Waals surface area contributed by atoms with Gasteiger partial charge in [0.2, 0.25) is 0 Å². The van der Waals surface area contributed by atoms with E-state index < -0.39 is 21.4 Å². The lowest BCUT2D eigenvalue weighted by Gasteiger charge is -2.33. The van der Waals surface area contributed by atoms with Crippen molar-refractivity contribution < 1.29 is 18.0 Å². The molecule has 0 aromatic rings. The van der Waals surface area contributed by atoms with Crippen molar-refractivity contribution in [2.45, 2.75) is 39.2 Å². The molecule has 1 aliphatic heterocycles. The van der Waals surface area contributed by atoms with Gasteiger partial charge in [-0.15, -0.1) is 0 Å². The van der Waals surface area contributed by atoms with Gasteiger partial charge in [0.1, 0.15) is 5.54 Å². The fourth-order valence-electron chi connectivity index (χ4n) is 2.24. The molecule has 0 bridgehead atoms. The molecule has 6 nitrogen and oxygen atoms in total. The van der Waals surface area contributed by atoms with Gasteiger partial charge in [-0.2, -0.15) is 0 Å². The number of carbonyl (C=O) groups is 2. The molecule has 0 saturated carbocycles. The van der Waals surface area contributed by atoms with Crippen LogP contribution in [0.15, 0.2) is 0 Å². The number of nitrogens with one attached hydrogen (secondary N) is 1. The first kappa shape index (κ1) is 14.9. The van der Waals surface area contributed by atoms with Crippen molar-refractivity contribution in [3.8, 4) is 0 Å². The van der Waals surface area contributed by atoms with Crippen molar-refractivity contribution in [2.75, 3.05) is 18.1 Å². The molecule has 0 aromatic carbocycles. The molecule has 3 amide bonds. The monoisotopic (exact) mass is 276 g/mol. The lowest BCUT2D eigenvalue weighted by atomic mass is 9.91. The van der Waals surface area contributed by atoms with Crippen LogP contribution < -0.4 is 5.32 Å². The van der Waals surface area contributed by atoms with Crippen LogP contribution in [0.1, 0.15) is 33.6 Å². The van der Waals surface area contributed by atoms with Gasteiger partial charge in [-0.05, 0) is 12.8 Å². The zero-order chi connectivity index (χ0) is 14.0. The highest BCUT2D eigenvalue weighted by Crippen LogP contribution is 2.28. The maximum atomic E-state index is 11.9. The molecular formula is C11H20N2O4S. The van der Waals surface area contributed by atoms with Crippen LogP contribution in [0.25, 0.3) is 0 Å². The summed E-state index contributed by atoms with van der Waals surface area (Å²) in [6.07, 6.45) is 0.959. The largest absolute Gasteiger partial charge is 0.325 e. The van der Waals surface area contributed by atoms with Crippen LogP contribution in [-0.2, 0) is 14.6 Å². The van der Waals surface area contributed by atoms with E-state index in [1.165, 1.54) is 4.90 Å². The van der Waals surface area contributed by atoms with E-state index in [0.717, 1.165) is 0 Å². The van der Waals surface area contributed by atoms with Gasteiger partial charge >= 0.3 is 6.03 Å². The Morgan fingerprint density at radius 3 is 2.17 bits per heavy atom. The lowest BCUT2D eigenvalue weighted by molar-refractivity contribution is -0.126. The Kier molecular flexibility index (Phi) is 4.37. The van der Waals surface area contributed by atoms with E-state index in [4.69, 9.17) is 0 Å². The molecule has 1 N–H and O–H groups in total. The maximum Gasteiger partial charge on any atom is 0.325 e. The Morgan fingerprint density at radius 1 is 1.17 bits per heavy atom. The van der Waals surface area contributed by atoms with Crippen LogP contribution in [0, 0.1) is 0 Å². The normalized spacial score (nSPS) is 19.2. The molecule has 0 radical (unpaired) electrons. The average Bonchev–Trinajstić information content (AvgIpc) is 2.58. The highest BCUT2D eigenvalue weighted by Gasteiger charge is 2.50. The van der Waals surface area contributed by atoms with Crippen molar-refractivity contribution in [1.82, 2.24) is 10.2 Å². The fraction of sp³-hybridized carbons (Fsp3) is 0.818. The van der Waals surface area contributed by atoms with Gasteiger partial charge in [-0.25, -0.2) is 13.2 Å². The first-order valence-electron chi connectivity index (χ1n) is 6.16. The SMILES string of the molecule is CCC1(CC)C(=O)NC(=O)N1CCS(=O)(=O)CC. The van der Waals surface area contributed by atoms with Gasteiger partial charge in [0.15, 0.2) is 9.84 Å². The van der Waals surface area contributed by atoms with Gasteiger partial charge in [0.05, 0.1) is 5.75 Å². The molecule has 1 heterocycles. The number of carbonyl (C=O) groups excluding carboxylic acids is 2. The summed E-state index contributed by atoms with van der Waals surface area (Å²) in [4.78, 5) is 24.9. The summed E-state index contributed by atoms with van der Waals surface area (Å²) in [7, 11) is -3.15. The minimum absolute atomic E-state index is 0.0433. The van der Waals surface area contributed by atoms with Gasteiger partial charge in [0.25, 0.3) is 5.91 Å². The molecule has 0 atom stereocenters. The number of imide groups is 1. The summed E-state index contributed by atoms with van der Waals surface area (Å²) in [6.45, 7) is 5.28. The van der Waals surface area contributed by atoms with E-state index >= 15 is 0 Å². The molecule has 0 spiro atoms. The van der Waals surface area contributed by atoms with Crippen molar-refractivity contribution >= 4 is 21.8 Å². The maximum absolute atomic E-state index is 11.9. The second-order valence-corrected chi connectivity index (χ2v) is 6.86. The minimum Gasteiger partial charge on any atom is -0.309 e. The quantitative estimate of drug-likeness (QED) is 0.717. The van der Waals surface area contributed by atoms with E-state index in [9.17, 15) is 18.0 Å². The molecule has 0 unspecified atom stereocenters. The van der Waals surface area contributed by atoms with Crippen LogP contribution in [0.3, 0.4) is 0 Å². The molecule has 1 rings (SSSR count). The van der Waals surface area contributed by atoms with E-state index in [2.05, 4.69) is 5.32 Å². The smallest absolute Gasteiger partial charge is 0.309 e. The Labute approximate surface area is 108 Å². The molecule has 1 fully saturated rings. The van der Waals surface area contributed by atoms with Crippen LogP contribution in [0.2, 0.25) is 0 Å². The summed E-state index contributed by atoms with van der Waals surface area (Å²) in [6, 6.07) is -0.491. The van der Waals surface area contributed by atoms with Crippen LogP contribution in [0.4, 0.5) is 4.79 Å².